The summed E-state index contributed by atoms with van der Waals surface area (Å²) >= 11 is 0. The number of nitrogens with one attached hydrogen (secondary N) is 1. The summed E-state index contributed by atoms with van der Waals surface area (Å²) in [6, 6.07) is 0. The molecule has 1 aliphatic heterocycles. The van der Waals surface area contributed by atoms with Gasteiger partial charge in [0.1, 0.15) is 6.10 Å². The highest BCUT2D eigenvalue weighted by Crippen LogP contribution is 2.05. The monoisotopic (exact) mass is 223 g/mol. The van der Waals surface area contributed by atoms with Crippen LogP contribution in [0, 0.1) is 5.92 Å². The first kappa shape index (κ1) is 11.1. The normalized spacial score (nSPS) is 16.2. The average molecular weight is 223 g/mol. The van der Waals surface area contributed by atoms with Crippen LogP contribution in [0.5, 0.6) is 5.88 Å². The summed E-state index contributed by atoms with van der Waals surface area (Å²) < 4.78 is 7.15. The van der Waals surface area contributed by atoms with Gasteiger partial charge in [0.15, 0.2) is 0 Å². The lowest BCUT2D eigenvalue weighted by Crippen LogP contribution is -2.51. The predicted octanol–water partition coefficient (Wildman–Crippen LogP) is 0.250. The number of rotatable bonds is 4. The average Bonchev–Trinajstić information content (AvgIpc) is 2.16. The quantitative estimate of drug-likeness (QED) is 0.795. The van der Waals surface area contributed by atoms with Gasteiger partial charge in [0.05, 0.1) is 0 Å². The van der Waals surface area contributed by atoms with Crippen LogP contribution in [0.3, 0.4) is 0 Å². The maximum absolute atomic E-state index is 11.9. The van der Waals surface area contributed by atoms with E-state index in [2.05, 4.69) is 24.1 Å². The molecule has 2 heterocycles. The number of hydrogen-bond donors (Lipinski definition) is 1. The van der Waals surface area contributed by atoms with Gasteiger partial charge in [-0.25, -0.2) is 4.98 Å². The molecular formula is C11H17N3O2. The molecule has 0 radical (unpaired) electrons. The number of nitrogens with zero attached hydrogens (tertiary/aromatic N) is 2. The third-order valence-electron chi connectivity index (χ3n) is 2.47. The van der Waals surface area contributed by atoms with E-state index in [1.165, 1.54) is 0 Å². The van der Waals surface area contributed by atoms with Crippen molar-refractivity contribution in [1.29, 1.82) is 0 Å². The predicted molar refractivity (Wildman–Crippen MR) is 60.6 cm³/mol. The minimum Gasteiger partial charge on any atom is -0.468 e. The Balaban J connectivity index is 2.15. The summed E-state index contributed by atoms with van der Waals surface area (Å²) in [5, 5.41) is 3.09. The van der Waals surface area contributed by atoms with Gasteiger partial charge in [-0.3, -0.25) is 4.79 Å². The maximum Gasteiger partial charge on any atom is 0.313 e. The Hall–Kier alpha value is -1.36. The van der Waals surface area contributed by atoms with Crippen molar-refractivity contribution in [1.82, 2.24) is 14.9 Å². The minimum absolute atomic E-state index is 0.0927. The molecule has 5 nitrogen and oxygen atoms in total. The molecule has 0 aliphatic carbocycles. The molecule has 1 N–H and O–H groups in total. The molecule has 1 aromatic rings. The summed E-state index contributed by atoms with van der Waals surface area (Å²) in [7, 11) is 0. The molecule has 0 amide bonds. The molecule has 88 valence electrons. The van der Waals surface area contributed by atoms with Crippen molar-refractivity contribution in [3.8, 4) is 5.88 Å². The van der Waals surface area contributed by atoms with E-state index >= 15 is 0 Å². The van der Waals surface area contributed by atoms with E-state index < -0.39 is 0 Å². The van der Waals surface area contributed by atoms with Gasteiger partial charge in [0, 0.05) is 32.0 Å². The highest BCUT2D eigenvalue weighted by molar-refractivity contribution is 5.06. The molecule has 0 unspecified atom stereocenters. The molecule has 16 heavy (non-hydrogen) atoms. The summed E-state index contributed by atoms with van der Waals surface area (Å²) in [6.07, 6.45) is 3.41. The molecule has 0 bridgehead atoms. The van der Waals surface area contributed by atoms with Gasteiger partial charge < -0.3 is 14.6 Å². The number of hydrogen-bond acceptors (Lipinski definition) is 4. The van der Waals surface area contributed by atoms with Gasteiger partial charge in [0.2, 0.25) is 0 Å². The third kappa shape index (κ3) is 2.41. The van der Waals surface area contributed by atoms with Crippen LogP contribution in [0.1, 0.15) is 13.8 Å². The van der Waals surface area contributed by atoms with E-state index in [-0.39, 0.29) is 17.5 Å². The Morgan fingerprint density at radius 3 is 2.94 bits per heavy atom. The molecule has 1 aromatic heterocycles. The fourth-order valence-electron chi connectivity index (χ4n) is 1.55. The van der Waals surface area contributed by atoms with Crippen molar-refractivity contribution < 1.29 is 4.74 Å². The van der Waals surface area contributed by atoms with Crippen LogP contribution in [0.2, 0.25) is 0 Å². The van der Waals surface area contributed by atoms with E-state index in [0.717, 1.165) is 13.1 Å². The standard InChI is InChI=1S/C11H17N3O2/c1-8(2)7-14-4-3-13-10(11(14)15)16-9-5-12-6-9/h3-4,8-9,12H,5-7H2,1-2H3. The Labute approximate surface area is 94.5 Å². The lowest BCUT2D eigenvalue weighted by molar-refractivity contribution is 0.132. The van der Waals surface area contributed by atoms with E-state index in [1.807, 2.05) is 0 Å². The fraction of sp³-hybridized carbons (Fsp3) is 0.636. The Morgan fingerprint density at radius 2 is 2.38 bits per heavy atom. The second-order valence-corrected chi connectivity index (χ2v) is 4.48. The second kappa shape index (κ2) is 4.65. The van der Waals surface area contributed by atoms with Gasteiger partial charge in [-0.05, 0) is 5.92 Å². The number of aromatic nitrogens is 2. The molecule has 1 saturated heterocycles. The maximum atomic E-state index is 11.9. The van der Waals surface area contributed by atoms with Crippen LogP contribution in [0.4, 0.5) is 0 Å². The van der Waals surface area contributed by atoms with E-state index in [0.29, 0.717) is 12.5 Å². The van der Waals surface area contributed by atoms with Crippen LogP contribution in [0.25, 0.3) is 0 Å². The molecule has 0 atom stereocenters. The smallest absolute Gasteiger partial charge is 0.313 e. The Kier molecular flexibility index (Phi) is 3.24. The second-order valence-electron chi connectivity index (χ2n) is 4.48. The minimum atomic E-state index is -0.136. The van der Waals surface area contributed by atoms with Crippen molar-refractivity contribution in [2.45, 2.75) is 26.5 Å². The first-order chi connectivity index (χ1) is 7.66. The zero-order valence-electron chi connectivity index (χ0n) is 9.64. The molecule has 1 fully saturated rings. The highest BCUT2D eigenvalue weighted by atomic mass is 16.5. The first-order valence-corrected chi connectivity index (χ1v) is 5.59. The SMILES string of the molecule is CC(C)Cn1ccnc(OC2CNC2)c1=O. The van der Waals surface area contributed by atoms with E-state index in [4.69, 9.17) is 4.74 Å². The fourth-order valence-corrected chi connectivity index (χ4v) is 1.55. The van der Waals surface area contributed by atoms with Crippen molar-refractivity contribution in [3.05, 3.63) is 22.7 Å². The zero-order chi connectivity index (χ0) is 11.5. The van der Waals surface area contributed by atoms with Crippen LogP contribution in [0.15, 0.2) is 17.2 Å². The Bertz CT molecular complexity index is 410. The van der Waals surface area contributed by atoms with Gasteiger partial charge >= 0.3 is 5.56 Å². The van der Waals surface area contributed by atoms with Crippen molar-refractivity contribution in [2.75, 3.05) is 13.1 Å². The lowest BCUT2D eigenvalue weighted by atomic mass is 10.2. The topological polar surface area (TPSA) is 56.1 Å². The molecule has 0 spiro atoms. The van der Waals surface area contributed by atoms with Gasteiger partial charge in [-0.1, -0.05) is 13.8 Å². The van der Waals surface area contributed by atoms with E-state index in [9.17, 15) is 4.79 Å². The van der Waals surface area contributed by atoms with Crippen LogP contribution < -0.4 is 15.6 Å². The molecular weight excluding hydrogens is 206 g/mol. The first-order valence-electron chi connectivity index (χ1n) is 5.59. The lowest BCUT2D eigenvalue weighted by Gasteiger charge is -2.26. The highest BCUT2D eigenvalue weighted by Gasteiger charge is 2.20. The molecule has 1 aliphatic rings. The number of ether oxygens (including phenoxy) is 1. The van der Waals surface area contributed by atoms with Crippen LogP contribution >= 0.6 is 0 Å². The largest absolute Gasteiger partial charge is 0.468 e. The summed E-state index contributed by atoms with van der Waals surface area (Å²) in [5.41, 5.74) is -0.136. The summed E-state index contributed by atoms with van der Waals surface area (Å²) in [6.45, 7) is 6.42. The third-order valence-corrected chi connectivity index (χ3v) is 2.47. The van der Waals surface area contributed by atoms with Gasteiger partial charge in [0.25, 0.3) is 5.88 Å². The van der Waals surface area contributed by atoms with Gasteiger partial charge in [-0.2, -0.15) is 0 Å². The van der Waals surface area contributed by atoms with Crippen molar-refractivity contribution in [2.24, 2.45) is 5.92 Å². The summed E-state index contributed by atoms with van der Waals surface area (Å²) in [5.74, 6) is 0.646. The van der Waals surface area contributed by atoms with Crippen LogP contribution in [-0.4, -0.2) is 28.7 Å². The zero-order valence-corrected chi connectivity index (χ0v) is 9.64. The molecule has 2 rings (SSSR count). The molecule has 0 aromatic carbocycles. The van der Waals surface area contributed by atoms with E-state index in [1.54, 1.807) is 17.0 Å². The molecule has 5 heteroatoms. The Morgan fingerprint density at radius 1 is 1.62 bits per heavy atom. The van der Waals surface area contributed by atoms with Crippen LogP contribution in [-0.2, 0) is 6.54 Å². The van der Waals surface area contributed by atoms with Crippen molar-refractivity contribution in [3.63, 3.8) is 0 Å². The van der Waals surface area contributed by atoms with Crippen molar-refractivity contribution >= 4 is 0 Å². The van der Waals surface area contributed by atoms with Gasteiger partial charge in [-0.15, -0.1) is 0 Å². The summed E-state index contributed by atoms with van der Waals surface area (Å²) in [4.78, 5) is 15.9. The molecule has 0 saturated carbocycles.